The fourth-order valence-electron chi connectivity index (χ4n) is 2.51. The van der Waals surface area contributed by atoms with Gasteiger partial charge in [-0.05, 0) is 31.0 Å². The van der Waals surface area contributed by atoms with Crippen LogP contribution in [-0.2, 0) is 10.0 Å². The molecule has 122 valence electrons. The Labute approximate surface area is 135 Å². The molecule has 2 aromatic heterocycles. The van der Waals surface area contributed by atoms with Crippen molar-refractivity contribution in [2.45, 2.75) is 12.8 Å². The second kappa shape index (κ2) is 7.01. The summed E-state index contributed by atoms with van der Waals surface area (Å²) in [5.41, 5.74) is 1.64. The molecule has 0 bridgehead atoms. The molecule has 1 aliphatic heterocycles. The van der Waals surface area contributed by atoms with E-state index in [2.05, 4.69) is 20.3 Å². The van der Waals surface area contributed by atoms with Crippen molar-refractivity contribution in [1.29, 1.82) is 0 Å². The van der Waals surface area contributed by atoms with E-state index in [0.29, 0.717) is 19.0 Å². The van der Waals surface area contributed by atoms with Crippen LogP contribution in [0.4, 0.5) is 5.95 Å². The first kappa shape index (κ1) is 15.8. The Hall–Kier alpha value is -2.06. The topological polar surface area (TPSA) is 88.1 Å². The Morgan fingerprint density at radius 1 is 1.17 bits per heavy atom. The van der Waals surface area contributed by atoms with Crippen LogP contribution in [-0.4, -0.2) is 53.1 Å². The summed E-state index contributed by atoms with van der Waals surface area (Å²) >= 11 is 0. The van der Waals surface area contributed by atoms with Crippen molar-refractivity contribution in [3.8, 4) is 11.3 Å². The molecule has 0 saturated carbocycles. The molecule has 0 unspecified atom stereocenters. The highest BCUT2D eigenvalue weighted by atomic mass is 32.2. The maximum absolute atomic E-state index is 12.1. The monoisotopic (exact) mass is 333 g/mol. The molecule has 1 aliphatic rings. The van der Waals surface area contributed by atoms with Gasteiger partial charge in [0.25, 0.3) is 0 Å². The van der Waals surface area contributed by atoms with Gasteiger partial charge in [0.15, 0.2) is 0 Å². The van der Waals surface area contributed by atoms with Crippen molar-refractivity contribution < 1.29 is 8.42 Å². The summed E-state index contributed by atoms with van der Waals surface area (Å²) in [6.07, 6.45) is 6.97. The predicted octanol–water partition coefficient (Wildman–Crippen LogP) is 1.38. The van der Waals surface area contributed by atoms with Crippen molar-refractivity contribution in [1.82, 2.24) is 19.3 Å². The second-order valence-electron chi connectivity index (χ2n) is 5.36. The summed E-state index contributed by atoms with van der Waals surface area (Å²) in [5, 5.41) is 2.99. The molecule has 3 rings (SSSR count). The van der Waals surface area contributed by atoms with Gasteiger partial charge in [-0.25, -0.2) is 22.7 Å². The van der Waals surface area contributed by atoms with Crippen molar-refractivity contribution in [2.24, 2.45) is 0 Å². The predicted molar refractivity (Wildman–Crippen MR) is 88.3 cm³/mol. The first-order valence-corrected chi connectivity index (χ1v) is 9.21. The molecule has 1 N–H and O–H groups in total. The van der Waals surface area contributed by atoms with E-state index in [9.17, 15) is 8.42 Å². The summed E-state index contributed by atoms with van der Waals surface area (Å²) in [5.74, 6) is 0.469. The first-order chi connectivity index (χ1) is 11.1. The number of hydrogen-bond donors (Lipinski definition) is 1. The van der Waals surface area contributed by atoms with Crippen LogP contribution in [0.25, 0.3) is 11.3 Å². The van der Waals surface area contributed by atoms with Crippen LogP contribution in [0.1, 0.15) is 12.8 Å². The molecule has 0 spiro atoms. The van der Waals surface area contributed by atoms with Crippen molar-refractivity contribution in [3.63, 3.8) is 0 Å². The van der Waals surface area contributed by atoms with Gasteiger partial charge in [0.2, 0.25) is 16.0 Å². The number of aromatic nitrogens is 3. The van der Waals surface area contributed by atoms with Crippen LogP contribution < -0.4 is 5.32 Å². The molecule has 8 heteroatoms. The summed E-state index contributed by atoms with van der Waals surface area (Å²) < 4.78 is 25.9. The lowest BCUT2D eigenvalue weighted by Crippen LogP contribution is -2.32. The fourth-order valence-corrected chi connectivity index (χ4v) is 3.94. The zero-order chi connectivity index (χ0) is 16.1. The third-order valence-electron chi connectivity index (χ3n) is 3.71. The molecule has 0 radical (unpaired) electrons. The molecule has 3 heterocycles. The molecule has 0 aromatic carbocycles. The number of hydrogen-bond acceptors (Lipinski definition) is 6. The smallest absolute Gasteiger partial charge is 0.223 e. The molecule has 1 fully saturated rings. The SMILES string of the molecule is O=S(=O)(CCNc1nccc(-c2cccnc2)n1)N1CCCC1. The Bertz CT molecular complexity index is 745. The van der Waals surface area contributed by atoms with Gasteiger partial charge >= 0.3 is 0 Å². The standard InChI is InChI=1S/C15H19N5O2S/c21-23(22,20-9-1-2-10-20)11-8-18-15-17-7-5-14(19-15)13-4-3-6-16-12-13/h3-7,12H,1-2,8-11H2,(H,17,18,19). The largest absolute Gasteiger partial charge is 0.353 e. The number of nitrogens with zero attached hydrogens (tertiary/aromatic N) is 4. The molecule has 1 saturated heterocycles. The van der Waals surface area contributed by atoms with E-state index in [0.717, 1.165) is 24.1 Å². The van der Waals surface area contributed by atoms with E-state index in [-0.39, 0.29) is 12.3 Å². The van der Waals surface area contributed by atoms with Gasteiger partial charge in [-0.2, -0.15) is 0 Å². The minimum Gasteiger partial charge on any atom is -0.353 e. The molecule has 23 heavy (non-hydrogen) atoms. The maximum Gasteiger partial charge on any atom is 0.223 e. The number of anilines is 1. The summed E-state index contributed by atoms with van der Waals surface area (Å²) in [6, 6.07) is 5.55. The molecule has 2 aromatic rings. The zero-order valence-corrected chi connectivity index (χ0v) is 13.5. The molecule has 0 atom stereocenters. The number of pyridine rings is 1. The Balaban J connectivity index is 1.61. The van der Waals surface area contributed by atoms with Crippen molar-refractivity contribution >= 4 is 16.0 Å². The maximum atomic E-state index is 12.1. The lowest BCUT2D eigenvalue weighted by molar-refractivity contribution is 0.478. The van der Waals surface area contributed by atoms with Crippen molar-refractivity contribution in [3.05, 3.63) is 36.8 Å². The van der Waals surface area contributed by atoms with Crippen LogP contribution >= 0.6 is 0 Å². The minimum atomic E-state index is -3.19. The second-order valence-corrected chi connectivity index (χ2v) is 7.44. The molecular weight excluding hydrogens is 314 g/mol. The number of sulfonamides is 1. The highest BCUT2D eigenvalue weighted by molar-refractivity contribution is 7.89. The van der Waals surface area contributed by atoms with E-state index in [1.54, 1.807) is 29.0 Å². The highest BCUT2D eigenvalue weighted by Gasteiger charge is 2.24. The van der Waals surface area contributed by atoms with E-state index in [4.69, 9.17) is 0 Å². The van der Waals surface area contributed by atoms with Crippen molar-refractivity contribution in [2.75, 3.05) is 30.7 Å². The lowest BCUT2D eigenvalue weighted by Gasteiger charge is -2.15. The van der Waals surface area contributed by atoms with Crippen LogP contribution in [0.15, 0.2) is 36.8 Å². The molecule has 0 amide bonds. The van der Waals surface area contributed by atoms with E-state index < -0.39 is 10.0 Å². The molecular formula is C15H19N5O2S. The Morgan fingerprint density at radius 3 is 2.74 bits per heavy atom. The minimum absolute atomic E-state index is 0.0491. The zero-order valence-electron chi connectivity index (χ0n) is 12.7. The Morgan fingerprint density at radius 2 is 2.00 bits per heavy atom. The van der Waals surface area contributed by atoms with E-state index >= 15 is 0 Å². The van der Waals surface area contributed by atoms with Gasteiger partial charge in [0.1, 0.15) is 0 Å². The van der Waals surface area contributed by atoms with Gasteiger partial charge < -0.3 is 5.32 Å². The van der Waals surface area contributed by atoms with Crippen LogP contribution in [0.5, 0.6) is 0 Å². The Kier molecular flexibility index (Phi) is 4.82. The third kappa shape index (κ3) is 4.02. The molecule has 0 aliphatic carbocycles. The number of nitrogens with one attached hydrogen (secondary N) is 1. The summed E-state index contributed by atoms with van der Waals surface area (Å²) in [4.78, 5) is 12.6. The average molecular weight is 333 g/mol. The normalized spacial score (nSPS) is 15.7. The van der Waals surface area contributed by atoms with E-state index in [1.807, 2.05) is 12.1 Å². The quantitative estimate of drug-likeness (QED) is 0.859. The van der Waals surface area contributed by atoms with E-state index in [1.165, 1.54) is 0 Å². The summed E-state index contributed by atoms with van der Waals surface area (Å²) in [7, 11) is -3.19. The van der Waals surface area contributed by atoms with Gasteiger partial charge in [0.05, 0.1) is 11.4 Å². The first-order valence-electron chi connectivity index (χ1n) is 7.60. The fraction of sp³-hybridized carbons (Fsp3) is 0.400. The number of rotatable bonds is 6. The van der Waals surface area contributed by atoms with Crippen LogP contribution in [0.2, 0.25) is 0 Å². The third-order valence-corrected chi connectivity index (χ3v) is 5.59. The van der Waals surface area contributed by atoms with Crippen LogP contribution in [0.3, 0.4) is 0 Å². The lowest BCUT2D eigenvalue weighted by atomic mass is 10.2. The van der Waals surface area contributed by atoms with Gasteiger partial charge in [0, 0.05) is 43.8 Å². The average Bonchev–Trinajstić information content (AvgIpc) is 3.11. The van der Waals surface area contributed by atoms with Gasteiger partial charge in [-0.1, -0.05) is 0 Å². The highest BCUT2D eigenvalue weighted by Crippen LogP contribution is 2.16. The van der Waals surface area contributed by atoms with Gasteiger partial charge in [-0.3, -0.25) is 4.98 Å². The molecule has 7 nitrogen and oxygen atoms in total. The summed E-state index contributed by atoms with van der Waals surface area (Å²) in [6.45, 7) is 1.56. The van der Waals surface area contributed by atoms with Gasteiger partial charge in [-0.15, -0.1) is 0 Å². The van der Waals surface area contributed by atoms with Crippen LogP contribution in [0, 0.1) is 0 Å².